The second kappa shape index (κ2) is 9.21. The molecule has 0 radical (unpaired) electrons. The average molecular weight is 357 g/mol. The van der Waals surface area contributed by atoms with Gasteiger partial charge in [-0.3, -0.25) is 9.98 Å². The van der Waals surface area contributed by atoms with Crippen LogP contribution in [-0.2, 0) is 0 Å². The normalized spacial score (nSPS) is 12.1. The van der Waals surface area contributed by atoms with Crippen LogP contribution in [0.3, 0.4) is 0 Å². The van der Waals surface area contributed by atoms with Crippen LogP contribution < -0.4 is 0 Å². The van der Waals surface area contributed by atoms with Crippen molar-refractivity contribution in [1.29, 1.82) is 0 Å². The number of rotatable bonds is 7. The quantitative estimate of drug-likeness (QED) is 0.449. The third kappa shape index (κ3) is 4.92. The first-order valence-corrected chi connectivity index (χ1v) is 8.24. The minimum atomic E-state index is 0.488. The summed E-state index contributed by atoms with van der Waals surface area (Å²) < 4.78 is 0. The Bertz CT molecular complexity index is 690. The molecular weight excluding hydrogens is 339 g/mol. The number of aliphatic imine (C=N–C) groups is 2. The highest BCUT2D eigenvalue weighted by Gasteiger charge is 2.03. The summed E-state index contributed by atoms with van der Waals surface area (Å²) in [6, 6.07) is 15.9. The molecule has 0 saturated carbocycles. The lowest BCUT2D eigenvalue weighted by Crippen LogP contribution is -1.93. The zero-order valence-electron chi connectivity index (χ0n) is 13.3. The third-order valence-corrected chi connectivity index (χ3v) is 3.97. The van der Waals surface area contributed by atoms with Crippen molar-refractivity contribution in [2.75, 3.05) is 13.1 Å². The summed E-state index contributed by atoms with van der Waals surface area (Å²) in [6.07, 6.45) is 3.42. The van der Waals surface area contributed by atoms with E-state index in [1.54, 1.807) is 12.2 Å². The molecule has 2 nitrogen and oxygen atoms in total. The number of nitrogens with zero attached hydrogens (tertiary/aromatic N) is 2. The van der Waals surface area contributed by atoms with Crippen LogP contribution in [-0.4, -0.2) is 23.4 Å². The van der Waals surface area contributed by atoms with E-state index in [4.69, 9.17) is 23.2 Å². The Balaban J connectivity index is 2.17. The SMILES string of the molecule is C=CCN=C(Cl)c1ccc(-c2ccc(C(Cl)=NCC=C)cc2)cc1. The monoisotopic (exact) mass is 356 g/mol. The fourth-order valence-electron chi connectivity index (χ4n) is 2.07. The van der Waals surface area contributed by atoms with E-state index in [-0.39, 0.29) is 0 Å². The van der Waals surface area contributed by atoms with Gasteiger partial charge >= 0.3 is 0 Å². The molecule has 2 aromatic rings. The van der Waals surface area contributed by atoms with Crippen molar-refractivity contribution in [2.24, 2.45) is 9.98 Å². The van der Waals surface area contributed by atoms with Gasteiger partial charge in [-0.1, -0.05) is 83.9 Å². The maximum absolute atomic E-state index is 6.15. The molecule has 2 rings (SSSR count). The Morgan fingerprint density at radius 1 is 0.708 bits per heavy atom. The maximum atomic E-state index is 6.15. The molecule has 4 heteroatoms. The van der Waals surface area contributed by atoms with Crippen molar-refractivity contribution in [1.82, 2.24) is 0 Å². The Morgan fingerprint density at radius 3 is 1.33 bits per heavy atom. The molecule has 0 spiro atoms. The second-order valence-corrected chi connectivity index (χ2v) is 5.71. The molecular formula is C20H18Cl2N2. The van der Waals surface area contributed by atoms with Gasteiger partial charge in [0.2, 0.25) is 0 Å². The number of halogens is 2. The summed E-state index contributed by atoms with van der Waals surface area (Å²) in [5.74, 6) is 0. The molecule has 0 N–H and O–H groups in total. The summed E-state index contributed by atoms with van der Waals surface area (Å²) in [5.41, 5.74) is 3.97. The van der Waals surface area contributed by atoms with Crippen LogP contribution >= 0.6 is 23.2 Å². The van der Waals surface area contributed by atoms with Gasteiger partial charge in [0.05, 0.1) is 13.1 Å². The Labute approximate surface area is 152 Å². The van der Waals surface area contributed by atoms with Crippen LogP contribution in [0.25, 0.3) is 11.1 Å². The van der Waals surface area contributed by atoms with Crippen LogP contribution in [0.5, 0.6) is 0 Å². The summed E-state index contributed by atoms with van der Waals surface area (Å²) in [5, 5.41) is 0.976. The second-order valence-electron chi connectivity index (χ2n) is 5.00. The van der Waals surface area contributed by atoms with Crippen LogP contribution in [0.4, 0.5) is 0 Å². The van der Waals surface area contributed by atoms with Crippen molar-refractivity contribution >= 4 is 33.5 Å². The lowest BCUT2D eigenvalue weighted by atomic mass is 10.0. The highest BCUT2D eigenvalue weighted by Crippen LogP contribution is 2.22. The van der Waals surface area contributed by atoms with E-state index < -0.39 is 0 Å². The molecule has 0 aliphatic heterocycles. The van der Waals surface area contributed by atoms with Crippen molar-refractivity contribution in [2.45, 2.75) is 0 Å². The topological polar surface area (TPSA) is 24.7 Å². The van der Waals surface area contributed by atoms with Gasteiger partial charge in [-0.05, 0) is 11.1 Å². The lowest BCUT2D eigenvalue weighted by molar-refractivity contribution is 1.26. The van der Waals surface area contributed by atoms with Crippen molar-refractivity contribution in [3.8, 4) is 11.1 Å². The molecule has 0 fully saturated rings. The molecule has 2 aromatic carbocycles. The average Bonchev–Trinajstić information content (AvgIpc) is 2.64. The van der Waals surface area contributed by atoms with Crippen molar-refractivity contribution < 1.29 is 0 Å². The molecule has 0 aromatic heterocycles. The Kier molecular flexibility index (Phi) is 6.98. The van der Waals surface area contributed by atoms with Gasteiger partial charge in [-0.25, -0.2) is 0 Å². The van der Waals surface area contributed by atoms with E-state index >= 15 is 0 Å². The molecule has 0 atom stereocenters. The number of benzene rings is 2. The van der Waals surface area contributed by atoms with E-state index in [0.29, 0.717) is 23.4 Å². The molecule has 0 aliphatic carbocycles. The van der Waals surface area contributed by atoms with E-state index in [1.165, 1.54) is 0 Å². The summed E-state index contributed by atoms with van der Waals surface area (Å²) in [7, 11) is 0. The van der Waals surface area contributed by atoms with E-state index in [2.05, 4.69) is 23.1 Å². The Morgan fingerprint density at radius 2 is 1.04 bits per heavy atom. The Hall–Kier alpha value is -2.16. The molecule has 0 heterocycles. The van der Waals surface area contributed by atoms with E-state index in [0.717, 1.165) is 22.3 Å². The van der Waals surface area contributed by atoms with Gasteiger partial charge in [0, 0.05) is 11.1 Å². The molecule has 0 aliphatic rings. The van der Waals surface area contributed by atoms with E-state index in [1.807, 2.05) is 48.5 Å². The predicted molar refractivity (Wildman–Crippen MR) is 107 cm³/mol. The van der Waals surface area contributed by atoms with Gasteiger partial charge in [-0.2, -0.15) is 0 Å². The fourth-order valence-corrected chi connectivity index (χ4v) is 2.46. The predicted octanol–water partition coefficient (Wildman–Crippen LogP) is 5.70. The largest absolute Gasteiger partial charge is 0.268 e. The van der Waals surface area contributed by atoms with Crippen LogP contribution in [0.15, 0.2) is 83.8 Å². The van der Waals surface area contributed by atoms with E-state index in [9.17, 15) is 0 Å². The number of hydrogen-bond donors (Lipinski definition) is 0. The first-order valence-electron chi connectivity index (χ1n) is 7.48. The van der Waals surface area contributed by atoms with Crippen molar-refractivity contribution in [3.05, 3.63) is 85.0 Å². The first-order chi connectivity index (χ1) is 11.7. The van der Waals surface area contributed by atoms with Gasteiger partial charge in [0.15, 0.2) is 0 Å². The number of hydrogen-bond acceptors (Lipinski definition) is 2. The maximum Gasteiger partial charge on any atom is 0.131 e. The van der Waals surface area contributed by atoms with Gasteiger partial charge in [0.1, 0.15) is 10.3 Å². The van der Waals surface area contributed by atoms with Gasteiger partial charge in [-0.15, -0.1) is 13.2 Å². The van der Waals surface area contributed by atoms with Crippen LogP contribution in [0.2, 0.25) is 0 Å². The molecule has 122 valence electrons. The summed E-state index contributed by atoms with van der Waals surface area (Å²) in [4.78, 5) is 8.40. The highest BCUT2D eigenvalue weighted by molar-refractivity contribution is 6.70. The smallest absolute Gasteiger partial charge is 0.131 e. The van der Waals surface area contributed by atoms with Gasteiger partial charge < -0.3 is 0 Å². The molecule has 24 heavy (non-hydrogen) atoms. The lowest BCUT2D eigenvalue weighted by Gasteiger charge is -2.05. The molecule has 0 saturated heterocycles. The van der Waals surface area contributed by atoms with Crippen LogP contribution in [0.1, 0.15) is 11.1 Å². The fraction of sp³-hybridized carbons (Fsp3) is 0.100. The minimum Gasteiger partial charge on any atom is -0.268 e. The van der Waals surface area contributed by atoms with Crippen LogP contribution in [0, 0.1) is 0 Å². The standard InChI is InChI=1S/C20H18Cl2N2/c1-3-13-23-19(21)17-9-5-15(6-10-17)16-7-11-18(12-8-16)20(22)24-14-4-2/h3-12H,1-2,13-14H2. The molecule has 0 unspecified atom stereocenters. The molecule has 0 amide bonds. The first kappa shape index (κ1) is 18.2. The third-order valence-electron chi connectivity index (χ3n) is 3.30. The minimum absolute atomic E-state index is 0.488. The zero-order valence-corrected chi connectivity index (χ0v) is 14.8. The van der Waals surface area contributed by atoms with Crippen molar-refractivity contribution in [3.63, 3.8) is 0 Å². The molecule has 0 bridgehead atoms. The summed E-state index contributed by atoms with van der Waals surface area (Å²) >= 11 is 12.3. The zero-order chi connectivity index (χ0) is 17.4. The van der Waals surface area contributed by atoms with Gasteiger partial charge in [0.25, 0.3) is 0 Å². The summed E-state index contributed by atoms with van der Waals surface area (Å²) in [6.45, 7) is 8.28. The highest BCUT2D eigenvalue weighted by atomic mass is 35.5.